The van der Waals surface area contributed by atoms with E-state index in [2.05, 4.69) is 21.3 Å². The Morgan fingerprint density at radius 3 is 1.68 bits per heavy atom. The summed E-state index contributed by atoms with van der Waals surface area (Å²) in [6.07, 6.45) is -0.587. The van der Waals surface area contributed by atoms with Crippen LogP contribution in [0.25, 0.3) is 0 Å². The second-order valence-electron chi connectivity index (χ2n) is 10.7. The van der Waals surface area contributed by atoms with E-state index in [1.165, 1.54) is 24.3 Å². The smallest absolute Gasteiger partial charge is 0.322 e. The highest BCUT2D eigenvalue weighted by atomic mass is 16.4. The van der Waals surface area contributed by atoms with E-state index in [0.717, 1.165) is 0 Å². The second-order valence-corrected chi connectivity index (χ2v) is 10.7. The zero-order chi connectivity index (χ0) is 32.8. The highest BCUT2D eigenvalue weighted by Crippen LogP contribution is 2.13. The number of aromatic hydroxyl groups is 1. The number of amides is 4. The van der Waals surface area contributed by atoms with Gasteiger partial charge in [-0.05, 0) is 35.6 Å². The van der Waals surface area contributed by atoms with Crippen LogP contribution in [0.2, 0.25) is 0 Å². The van der Waals surface area contributed by atoms with Gasteiger partial charge in [-0.1, -0.05) is 56.3 Å². The molecule has 0 saturated carbocycles. The molecule has 0 saturated heterocycles. The molecule has 0 bridgehead atoms. The molecule has 9 N–H and O–H groups in total. The molecule has 2 aromatic rings. The van der Waals surface area contributed by atoms with Crippen LogP contribution in [0.1, 0.15) is 37.8 Å². The van der Waals surface area contributed by atoms with Crippen LogP contribution in [0.15, 0.2) is 54.6 Å². The van der Waals surface area contributed by atoms with Gasteiger partial charge in [-0.2, -0.15) is 0 Å². The third kappa shape index (κ3) is 12.5. The van der Waals surface area contributed by atoms with Crippen LogP contribution >= 0.6 is 0 Å². The van der Waals surface area contributed by atoms with Crippen LogP contribution < -0.4 is 27.0 Å². The van der Waals surface area contributed by atoms with Crippen molar-refractivity contribution in [3.05, 3.63) is 65.7 Å². The molecular formula is C30H39N5O9. The molecule has 14 heteroatoms. The summed E-state index contributed by atoms with van der Waals surface area (Å²) in [7, 11) is 0. The van der Waals surface area contributed by atoms with Crippen molar-refractivity contribution in [2.45, 2.75) is 63.7 Å². The number of nitrogens with one attached hydrogen (secondary N) is 4. The highest BCUT2D eigenvalue weighted by molar-refractivity contribution is 5.95. The van der Waals surface area contributed by atoms with E-state index >= 15 is 0 Å². The van der Waals surface area contributed by atoms with Crippen molar-refractivity contribution in [3.63, 3.8) is 0 Å². The van der Waals surface area contributed by atoms with Crippen molar-refractivity contribution in [3.8, 4) is 5.75 Å². The monoisotopic (exact) mass is 613 g/mol. The van der Waals surface area contributed by atoms with Crippen LogP contribution in [0.5, 0.6) is 5.75 Å². The Morgan fingerprint density at radius 2 is 1.18 bits per heavy atom. The molecule has 4 atom stereocenters. The normalized spacial score (nSPS) is 13.5. The summed E-state index contributed by atoms with van der Waals surface area (Å²) >= 11 is 0. The highest BCUT2D eigenvalue weighted by Gasteiger charge is 2.31. The average Bonchev–Trinajstić information content (AvgIpc) is 2.95. The van der Waals surface area contributed by atoms with Gasteiger partial charge in [-0.15, -0.1) is 0 Å². The molecule has 0 fully saturated rings. The second kappa shape index (κ2) is 17.2. The van der Waals surface area contributed by atoms with Crippen molar-refractivity contribution in [2.24, 2.45) is 11.7 Å². The molecule has 0 radical (unpaired) electrons. The zero-order valence-corrected chi connectivity index (χ0v) is 24.5. The van der Waals surface area contributed by atoms with Crippen molar-refractivity contribution in [1.29, 1.82) is 0 Å². The molecule has 4 amide bonds. The first-order valence-electron chi connectivity index (χ1n) is 13.9. The first kappa shape index (κ1) is 35.2. The minimum Gasteiger partial charge on any atom is -0.508 e. The van der Waals surface area contributed by atoms with Gasteiger partial charge in [-0.3, -0.25) is 28.8 Å². The van der Waals surface area contributed by atoms with Gasteiger partial charge in [0.05, 0.1) is 12.5 Å². The number of aliphatic carboxylic acids is 2. The fraction of sp³-hybridized carbons (Fsp3) is 0.400. The first-order valence-corrected chi connectivity index (χ1v) is 13.9. The lowest BCUT2D eigenvalue weighted by Gasteiger charge is -2.26. The molecule has 14 nitrogen and oxygen atoms in total. The molecule has 0 aliphatic heterocycles. The number of carbonyl (C=O) groups excluding carboxylic acids is 4. The lowest BCUT2D eigenvalue weighted by Crippen LogP contribution is -2.59. The van der Waals surface area contributed by atoms with Gasteiger partial charge in [0.2, 0.25) is 23.6 Å². The number of carboxylic acid groups (broad SMARTS) is 2. The number of nitrogens with two attached hydrogens (primary N) is 1. The minimum atomic E-state index is -1.45. The maximum Gasteiger partial charge on any atom is 0.322 e. The van der Waals surface area contributed by atoms with Crippen molar-refractivity contribution in [1.82, 2.24) is 21.3 Å². The Kier molecular flexibility index (Phi) is 13.8. The summed E-state index contributed by atoms with van der Waals surface area (Å²) in [5.41, 5.74) is 6.91. The maximum atomic E-state index is 13.6. The number of rotatable bonds is 17. The zero-order valence-electron chi connectivity index (χ0n) is 24.5. The van der Waals surface area contributed by atoms with Crippen molar-refractivity contribution < 1.29 is 44.1 Å². The van der Waals surface area contributed by atoms with Gasteiger partial charge in [0.15, 0.2) is 0 Å². The summed E-state index contributed by atoms with van der Waals surface area (Å²) in [6.45, 7) is 2.99. The van der Waals surface area contributed by atoms with Crippen LogP contribution in [-0.2, 0) is 41.6 Å². The van der Waals surface area contributed by atoms with E-state index in [4.69, 9.17) is 15.9 Å². The summed E-state index contributed by atoms with van der Waals surface area (Å²) in [5.74, 6) is -5.77. The predicted molar refractivity (Wildman–Crippen MR) is 158 cm³/mol. The van der Waals surface area contributed by atoms with Gasteiger partial charge >= 0.3 is 11.9 Å². The van der Waals surface area contributed by atoms with Gasteiger partial charge in [0, 0.05) is 12.8 Å². The van der Waals surface area contributed by atoms with Crippen LogP contribution in [0, 0.1) is 5.92 Å². The standard InChI is InChI=1S/C30H39N5O9/c1-17(2)12-22(28(42)32-16-26(39)40)34-30(44)24(13-18-6-4-3-5-7-18)35-29(43)23(14-19-8-10-20(36)11-9-19)33-27(41)21(31)15-25(37)38/h3-11,17,21-24,36H,12-16,31H2,1-2H3,(H,32,42)(H,33,41)(H,34,44)(H,35,43)(H,37,38)(H,39,40)/t21-,22-,23-,24-/m0/s1. The molecule has 0 aliphatic carbocycles. The van der Waals surface area contributed by atoms with Gasteiger partial charge < -0.3 is 42.3 Å². The molecule has 0 aromatic heterocycles. The fourth-order valence-electron chi connectivity index (χ4n) is 4.23. The van der Waals surface area contributed by atoms with Crippen molar-refractivity contribution in [2.75, 3.05) is 6.54 Å². The molecular weight excluding hydrogens is 574 g/mol. The number of hydrogen-bond acceptors (Lipinski definition) is 8. The van der Waals surface area contributed by atoms with Gasteiger partial charge in [0.25, 0.3) is 0 Å². The summed E-state index contributed by atoms with van der Waals surface area (Å²) in [4.78, 5) is 74.6. The molecule has 44 heavy (non-hydrogen) atoms. The van der Waals surface area contributed by atoms with E-state index in [0.29, 0.717) is 11.1 Å². The van der Waals surface area contributed by atoms with E-state index in [1.807, 2.05) is 13.8 Å². The molecule has 0 spiro atoms. The Balaban J connectivity index is 2.35. The number of phenols is 1. The molecule has 0 unspecified atom stereocenters. The maximum absolute atomic E-state index is 13.6. The fourth-order valence-corrected chi connectivity index (χ4v) is 4.23. The van der Waals surface area contributed by atoms with Gasteiger partial charge in [0.1, 0.15) is 30.4 Å². The van der Waals surface area contributed by atoms with E-state index in [9.17, 15) is 33.9 Å². The third-order valence-electron chi connectivity index (χ3n) is 6.41. The van der Waals surface area contributed by atoms with Crippen LogP contribution in [0.4, 0.5) is 0 Å². The number of carboxylic acids is 2. The van der Waals surface area contributed by atoms with E-state index in [1.54, 1.807) is 30.3 Å². The largest absolute Gasteiger partial charge is 0.508 e. The summed E-state index contributed by atoms with van der Waals surface area (Å²) in [5, 5.41) is 37.5. The third-order valence-corrected chi connectivity index (χ3v) is 6.41. The Morgan fingerprint density at radius 1 is 0.682 bits per heavy atom. The molecule has 2 aromatic carbocycles. The van der Waals surface area contributed by atoms with E-state index in [-0.39, 0.29) is 30.9 Å². The first-order chi connectivity index (χ1) is 20.7. The number of benzene rings is 2. The number of hydrogen-bond donors (Lipinski definition) is 8. The Bertz CT molecular complexity index is 1300. The quantitative estimate of drug-likeness (QED) is 0.116. The molecule has 238 valence electrons. The van der Waals surface area contributed by atoms with Gasteiger partial charge in [-0.25, -0.2) is 0 Å². The minimum absolute atomic E-state index is 0.00195. The average molecular weight is 614 g/mol. The van der Waals surface area contributed by atoms with Crippen molar-refractivity contribution >= 4 is 35.6 Å². The predicted octanol–water partition coefficient (Wildman–Crippen LogP) is -0.319. The summed E-state index contributed by atoms with van der Waals surface area (Å²) in [6, 6.07) is 9.46. The molecule has 0 heterocycles. The SMILES string of the molecule is CC(C)C[C@H](NC(=O)[C@H](Cc1ccccc1)NC(=O)[C@H](Cc1ccc(O)cc1)NC(=O)[C@@H](N)CC(=O)O)C(=O)NCC(=O)O. The van der Waals surface area contributed by atoms with Crippen LogP contribution in [0.3, 0.4) is 0 Å². The summed E-state index contributed by atoms with van der Waals surface area (Å²) < 4.78 is 0. The lowest BCUT2D eigenvalue weighted by atomic mass is 10.00. The number of carbonyl (C=O) groups is 6. The number of phenolic OH excluding ortho intramolecular Hbond substituents is 1. The Labute approximate surface area is 254 Å². The Hall–Kier alpha value is -4.98. The van der Waals surface area contributed by atoms with E-state index < -0.39 is 72.7 Å². The lowest BCUT2D eigenvalue weighted by molar-refractivity contribution is -0.140. The topological polar surface area (TPSA) is 237 Å². The molecule has 0 aliphatic rings. The van der Waals surface area contributed by atoms with Crippen LogP contribution in [-0.4, -0.2) is 81.6 Å². The molecule has 2 rings (SSSR count).